The molecule has 0 saturated carbocycles. The number of carbonyl (C=O) groups excluding carboxylic acids is 1. The van der Waals surface area contributed by atoms with Crippen LogP contribution in [0, 0.1) is 0 Å². The molecule has 4 rings (SSSR count). The van der Waals surface area contributed by atoms with Gasteiger partial charge in [0, 0.05) is 0 Å². The van der Waals surface area contributed by atoms with Crippen LogP contribution in [0.2, 0.25) is 0 Å². The highest BCUT2D eigenvalue weighted by atomic mass is 16.5. The van der Waals surface area contributed by atoms with E-state index in [0.717, 1.165) is 30.5 Å². The number of nitrogens with zero attached hydrogens (tertiary/aromatic N) is 4. The first kappa shape index (κ1) is 15.5. The lowest BCUT2D eigenvalue weighted by Gasteiger charge is -2.23. The van der Waals surface area contributed by atoms with E-state index in [4.69, 9.17) is 4.74 Å². The minimum atomic E-state index is -0.213. The van der Waals surface area contributed by atoms with Gasteiger partial charge in [0.05, 0.1) is 11.6 Å². The second kappa shape index (κ2) is 6.84. The molecular weight excluding hydrogens is 316 g/mol. The fourth-order valence-corrected chi connectivity index (χ4v) is 3.30. The first-order chi connectivity index (χ1) is 12.3. The summed E-state index contributed by atoms with van der Waals surface area (Å²) in [5.74, 6) is 0.0874. The predicted molar refractivity (Wildman–Crippen MR) is 91.1 cm³/mol. The number of hydrogen-bond donors (Lipinski definition) is 0. The fourth-order valence-electron chi connectivity index (χ4n) is 3.30. The average Bonchev–Trinajstić information content (AvgIpc) is 3.15. The zero-order valence-corrected chi connectivity index (χ0v) is 13.7. The molecule has 2 aromatic carbocycles. The van der Waals surface area contributed by atoms with Crippen LogP contribution in [0.3, 0.4) is 0 Å². The first-order valence-corrected chi connectivity index (χ1v) is 8.40. The highest BCUT2D eigenvalue weighted by molar-refractivity contribution is 5.79. The van der Waals surface area contributed by atoms with Crippen LogP contribution >= 0.6 is 0 Å². The van der Waals surface area contributed by atoms with Gasteiger partial charge in [0.15, 0.2) is 12.4 Å². The summed E-state index contributed by atoms with van der Waals surface area (Å²) in [7, 11) is 0. The van der Waals surface area contributed by atoms with Crippen molar-refractivity contribution in [3.63, 3.8) is 0 Å². The predicted octanol–water partition coefficient (Wildman–Crippen LogP) is 2.83. The summed E-state index contributed by atoms with van der Waals surface area (Å²) >= 11 is 0. The molecule has 0 bridgehead atoms. The summed E-state index contributed by atoms with van der Waals surface area (Å²) in [5, 5.41) is 11.7. The number of para-hydroxylation sites is 1. The molecule has 1 aliphatic carbocycles. The first-order valence-electron chi connectivity index (χ1n) is 8.40. The molecule has 6 nitrogen and oxygen atoms in total. The van der Waals surface area contributed by atoms with E-state index in [9.17, 15) is 4.79 Å². The summed E-state index contributed by atoms with van der Waals surface area (Å²) in [4.78, 5) is 12.6. The molecule has 6 heteroatoms. The maximum atomic E-state index is 12.6. The molecule has 0 saturated heterocycles. The molecule has 1 aromatic heterocycles. The Balaban J connectivity index is 1.48. The molecular formula is C19H18N4O2. The number of tetrazole rings is 1. The lowest BCUT2D eigenvalue weighted by atomic mass is 9.83. The maximum Gasteiger partial charge on any atom is 0.313 e. The number of fused-ring (bicyclic) bond motifs is 1. The van der Waals surface area contributed by atoms with Crippen molar-refractivity contribution >= 4 is 5.97 Å². The maximum absolute atomic E-state index is 12.6. The molecule has 0 aliphatic heterocycles. The Morgan fingerprint density at radius 3 is 2.80 bits per heavy atom. The van der Waals surface area contributed by atoms with Crippen molar-refractivity contribution in [2.75, 3.05) is 0 Å². The average molecular weight is 334 g/mol. The van der Waals surface area contributed by atoms with Crippen LogP contribution in [0.5, 0.6) is 0 Å². The molecule has 126 valence electrons. The van der Waals surface area contributed by atoms with Crippen molar-refractivity contribution < 1.29 is 9.53 Å². The summed E-state index contributed by atoms with van der Waals surface area (Å²) in [6.07, 6.45) is 2.84. The van der Waals surface area contributed by atoms with Gasteiger partial charge in [0.1, 0.15) is 0 Å². The third-order valence-electron chi connectivity index (χ3n) is 4.53. The smallest absolute Gasteiger partial charge is 0.313 e. The SMILES string of the molecule is O=C(OCc1nnnn1-c1ccccc1)[C@@H]1CCCc2ccccc21. The van der Waals surface area contributed by atoms with Gasteiger partial charge < -0.3 is 4.74 Å². The van der Waals surface area contributed by atoms with Gasteiger partial charge >= 0.3 is 5.97 Å². The number of ether oxygens (including phenoxy) is 1. The van der Waals surface area contributed by atoms with Crippen molar-refractivity contribution in [3.05, 3.63) is 71.5 Å². The Bertz CT molecular complexity index is 876. The number of hydrogen-bond acceptors (Lipinski definition) is 5. The van der Waals surface area contributed by atoms with Gasteiger partial charge in [-0.15, -0.1) is 5.10 Å². The molecule has 1 heterocycles. The largest absolute Gasteiger partial charge is 0.457 e. The van der Waals surface area contributed by atoms with E-state index >= 15 is 0 Å². The Labute approximate surface area is 145 Å². The summed E-state index contributed by atoms with van der Waals surface area (Å²) in [6, 6.07) is 17.6. The molecule has 3 aromatic rings. The molecule has 0 fully saturated rings. The molecule has 0 N–H and O–H groups in total. The van der Waals surface area contributed by atoms with Gasteiger partial charge in [-0.1, -0.05) is 42.5 Å². The second-order valence-corrected chi connectivity index (χ2v) is 6.09. The van der Waals surface area contributed by atoms with Crippen LogP contribution in [0.4, 0.5) is 0 Å². The monoisotopic (exact) mass is 334 g/mol. The Morgan fingerprint density at radius 1 is 1.12 bits per heavy atom. The van der Waals surface area contributed by atoms with Gasteiger partial charge in [-0.25, -0.2) is 0 Å². The Morgan fingerprint density at radius 2 is 1.92 bits per heavy atom. The third-order valence-corrected chi connectivity index (χ3v) is 4.53. The second-order valence-electron chi connectivity index (χ2n) is 6.09. The molecule has 0 spiro atoms. The topological polar surface area (TPSA) is 69.9 Å². The third kappa shape index (κ3) is 3.15. The van der Waals surface area contributed by atoms with Crippen molar-refractivity contribution in [1.82, 2.24) is 20.2 Å². The van der Waals surface area contributed by atoms with Gasteiger partial charge in [0.25, 0.3) is 0 Å². The van der Waals surface area contributed by atoms with Crippen molar-refractivity contribution in [3.8, 4) is 5.69 Å². The van der Waals surface area contributed by atoms with Crippen molar-refractivity contribution in [2.45, 2.75) is 31.8 Å². The molecule has 0 amide bonds. The molecule has 1 aliphatic rings. The fraction of sp³-hybridized carbons (Fsp3) is 0.263. The number of rotatable bonds is 4. The molecule has 25 heavy (non-hydrogen) atoms. The van der Waals surface area contributed by atoms with Gasteiger partial charge in [0.2, 0.25) is 0 Å². The van der Waals surface area contributed by atoms with E-state index in [-0.39, 0.29) is 18.5 Å². The lowest BCUT2D eigenvalue weighted by Crippen LogP contribution is -2.21. The van der Waals surface area contributed by atoms with Crippen molar-refractivity contribution in [1.29, 1.82) is 0 Å². The summed E-state index contributed by atoms with van der Waals surface area (Å²) < 4.78 is 7.13. The molecule has 0 unspecified atom stereocenters. The van der Waals surface area contributed by atoms with E-state index in [1.54, 1.807) is 4.68 Å². The number of esters is 1. The van der Waals surface area contributed by atoms with Crippen LogP contribution in [0.25, 0.3) is 5.69 Å². The quantitative estimate of drug-likeness (QED) is 0.686. The Kier molecular flexibility index (Phi) is 4.24. The molecule has 0 radical (unpaired) electrons. The van der Waals surface area contributed by atoms with Crippen LogP contribution < -0.4 is 0 Å². The van der Waals surface area contributed by atoms with Crippen LogP contribution in [-0.4, -0.2) is 26.2 Å². The minimum absolute atomic E-state index is 0.0550. The van der Waals surface area contributed by atoms with E-state index < -0.39 is 0 Å². The Hall–Kier alpha value is -3.02. The number of aryl methyl sites for hydroxylation is 1. The van der Waals surface area contributed by atoms with Gasteiger partial charge in [-0.2, -0.15) is 4.68 Å². The lowest BCUT2D eigenvalue weighted by molar-refractivity contribution is -0.147. The van der Waals surface area contributed by atoms with E-state index in [0.29, 0.717) is 5.82 Å². The normalized spacial score (nSPS) is 16.2. The van der Waals surface area contributed by atoms with Gasteiger partial charge in [-0.05, 0) is 52.9 Å². The number of carbonyl (C=O) groups is 1. The van der Waals surface area contributed by atoms with E-state index in [2.05, 4.69) is 21.6 Å². The zero-order valence-electron chi connectivity index (χ0n) is 13.7. The zero-order chi connectivity index (χ0) is 17.1. The summed E-state index contributed by atoms with van der Waals surface area (Å²) in [5.41, 5.74) is 3.16. The van der Waals surface area contributed by atoms with Crippen molar-refractivity contribution in [2.24, 2.45) is 0 Å². The molecule has 1 atom stereocenters. The highest BCUT2D eigenvalue weighted by Gasteiger charge is 2.27. The van der Waals surface area contributed by atoms with Crippen LogP contribution in [-0.2, 0) is 22.6 Å². The standard InChI is InChI=1S/C19H18N4O2/c24-19(17-12-6-8-14-7-4-5-11-16(14)17)25-13-18-20-21-22-23(18)15-9-2-1-3-10-15/h1-5,7,9-11,17H,6,8,12-13H2/t17-/m1/s1. The van der Waals surface area contributed by atoms with Gasteiger partial charge in [-0.3, -0.25) is 4.79 Å². The van der Waals surface area contributed by atoms with E-state index in [1.165, 1.54) is 5.56 Å². The highest BCUT2D eigenvalue weighted by Crippen LogP contribution is 2.32. The number of benzene rings is 2. The van der Waals surface area contributed by atoms with Crippen LogP contribution in [0.15, 0.2) is 54.6 Å². The van der Waals surface area contributed by atoms with E-state index in [1.807, 2.05) is 48.5 Å². The minimum Gasteiger partial charge on any atom is -0.457 e. The van der Waals surface area contributed by atoms with Crippen LogP contribution in [0.1, 0.15) is 35.7 Å². The summed E-state index contributed by atoms with van der Waals surface area (Å²) in [6.45, 7) is 0.0550. The number of aromatic nitrogens is 4.